The van der Waals surface area contributed by atoms with Crippen LogP contribution in [-0.2, 0) is 25.6 Å². The van der Waals surface area contributed by atoms with Crippen LogP contribution in [0.4, 0.5) is 5.69 Å². The lowest BCUT2D eigenvalue weighted by molar-refractivity contribution is -0.384. The number of carbonyl (C=O) groups is 2. The zero-order valence-corrected chi connectivity index (χ0v) is 22.8. The minimum atomic E-state index is -0.897. The monoisotopic (exact) mass is 535 g/mol. The van der Waals surface area contributed by atoms with Crippen molar-refractivity contribution in [2.45, 2.75) is 45.3 Å². The number of carbonyl (C=O) groups excluding carboxylic acids is 2. The number of hydrogen-bond acceptors (Lipinski definition) is 9. The zero-order valence-electron chi connectivity index (χ0n) is 22.8. The Morgan fingerprint density at radius 1 is 1.08 bits per heavy atom. The second-order valence-corrected chi connectivity index (χ2v) is 10.1. The lowest BCUT2D eigenvalue weighted by atomic mass is 9.80. The Balaban J connectivity index is 1.60. The van der Waals surface area contributed by atoms with Crippen molar-refractivity contribution in [3.05, 3.63) is 92.3 Å². The molecular formula is C29H33N3O7. The molecular weight excluding hydrogens is 502 g/mol. The van der Waals surface area contributed by atoms with Crippen molar-refractivity contribution in [1.82, 2.24) is 10.2 Å². The van der Waals surface area contributed by atoms with E-state index in [1.54, 1.807) is 27.0 Å². The number of nitro groups is 1. The standard InChI is InChI=1S/C29H33N3O7/c1-18-24(27(33)38-5)26(21-7-6-8-22(15-21)32(35)36)25(19(2)30-18)28(34)39-29(3)13-14-31(17-29)16-20-9-11-23(37-4)12-10-20/h6-12,15,26,30H,13-14,16-17H2,1-5H3. The Bertz CT molecular complexity index is 1350. The van der Waals surface area contributed by atoms with E-state index in [-0.39, 0.29) is 16.8 Å². The van der Waals surface area contributed by atoms with E-state index in [1.807, 2.05) is 31.2 Å². The molecule has 206 valence electrons. The summed E-state index contributed by atoms with van der Waals surface area (Å²) in [7, 11) is 2.89. The summed E-state index contributed by atoms with van der Waals surface area (Å²) in [5.74, 6) is -1.32. The fourth-order valence-electron chi connectivity index (χ4n) is 5.31. The van der Waals surface area contributed by atoms with E-state index in [9.17, 15) is 19.7 Å². The van der Waals surface area contributed by atoms with E-state index < -0.39 is 28.4 Å². The second kappa shape index (κ2) is 11.3. The highest BCUT2D eigenvalue weighted by molar-refractivity contribution is 6.00. The lowest BCUT2D eigenvalue weighted by Crippen LogP contribution is -2.38. The Labute approximate surface area is 227 Å². The summed E-state index contributed by atoms with van der Waals surface area (Å²) in [6.45, 7) is 7.31. The Morgan fingerprint density at radius 2 is 1.74 bits per heavy atom. The summed E-state index contributed by atoms with van der Waals surface area (Å²) in [6, 6.07) is 13.8. The largest absolute Gasteiger partial charge is 0.497 e. The molecule has 2 aliphatic heterocycles. The molecule has 4 rings (SSSR count). The molecule has 0 spiro atoms. The topological polar surface area (TPSA) is 120 Å². The van der Waals surface area contributed by atoms with Gasteiger partial charge in [-0.05, 0) is 44.0 Å². The van der Waals surface area contributed by atoms with Gasteiger partial charge < -0.3 is 19.5 Å². The van der Waals surface area contributed by atoms with E-state index in [1.165, 1.54) is 25.3 Å². The normalized spacial score (nSPS) is 21.4. The quantitative estimate of drug-likeness (QED) is 0.301. The highest BCUT2D eigenvalue weighted by Crippen LogP contribution is 2.41. The first-order chi connectivity index (χ1) is 18.5. The van der Waals surface area contributed by atoms with Crippen LogP contribution >= 0.6 is 0 Å². The third-order valence-corrected chi connectivity index (χ3v) is 7.22. The predicted molar refractivity (Wildman–Crippen MR) is 144 cm³/mol. The van der Waals surface area contributed by atoms with Gasteiger partial charge in [0.05, 0.1) is 36.2 Å². The number of nitrogens with one attached hydrogen (secondary N) is 1. The maximum atomic E-state index is 13.8. The highest BCUT2D eigenvalue weighted by Gasteiger charge is 2.43. The summed E-state index contributed by atoms with van der Waals surface area (Å²) in [5, 5.41) is 14.6. The molecule has 2 aromatic carbocycles. The molecule has 2 unspecified atom stereocenters. The molecule has 0 saturated carbocycles. The molecule has 0 aliphatic carbocycles. The van der Waals surface area contributed by atoms with Gasteiger partial charge in [-0.2, -0.15) is 0 Å². The van der Waals surface area contributed by atoms with Gasteiger partial charge in [0, 0.05) is 49.6 Å². The van der Waals surface area contributed by atoms with Crippen LogP contribution in [-0.4, -0.2) is 54.7 Å². The molecule has 0 bridgehead atoms. The summed E-state index contributed by atoms with van der Waals surface area (Å²) < 4.78 is 16.4. The molecule has 39 heavy (non-hydrogen) atoms. The van der Waals surface area contributed by atoms with Gasteiger partial charge in [-0.3, -0.25) is 15.0 Å². The number of hydrogen-bond donors (Lipinski definition) is 1. The van der Waals surface area contributed by atoms with Crippen LogP contribution in [0.1, 0.15) is 44.2 Å². The zero-order chi connectivity index (χ0) is 28.3. The van der Waals surface area contributed by atoms with Gasteiger partial charge in [0.25, 0.3) is 5.69 Å². The van der Waals surface area contributed by atoms with Crippen molar-refractivity contribution >= 4 is 17.6 Å². The summed E-state index contributed by atoms with van der Waals surface area (Å²) in [5.41, 5.74) is 2.08. The molecule has 10 heteroatoms. The molecule has 2 aromatic rings. The number of methoxy groups -OCH3 is 2. The van der Waals surface area contributed by atoms with Crippen LogP contribution in [0.5, 0.6) is 5.75 Å². The molecule has 1 saturated heterocycles. The van der Waals surface area contributed by atoms with Crippen molar-refractivity contribution in [2.75, 3.05) is 27.3 Å². The first kappa shape index (κ1) is 27.8. The van der Waals surface area contributed by atoms with Gasteiger partial charge in [-0.15, -0.1) is 0 Å². The summed E-state index contributed by atoms with van der Waals surface area (Å²) in [6.07, 6.45) is 0.634. The van der Waals surface area contributed by atoms with Gasteiger partial charge in [-0.25, -0.2) is 9.59 Å². The molecule has 2 atom stereocenters. The number of dihydropyridines is 1. The second-order valence-electron chi connectivity index (χ2n) is 10.1. The molecule has 10 nitrogen and oxygen atoms in total. The van der Waals surface area contributed by atoms with Crippen molar-refractivity contribution < 1.29 is 28.7 Å². The third kappa shape index (κ3) is 5.96. The maximum absolute atomic E-state index is 13.8. The average molecular weight is 536 g/mol. The van der Waals surface area contributed by atoms with Gasteiger partial charge in [0.1, 0.15) is 11.4 Å². The number of nitrogens with zero attached hydrogens (tertiary/aromatic N) is 2. The number of non-ortho nitro benzene ring substituents is 1. The molecule has 2 aliphatic rings. The van der Waals surface area contributed by atoms with Crippen LogP contribution in [0, 0.1) is 10.1 Å². The number of nitro benzene ring substituents is 1. The molecule has 0 radical (unpaired) electrons. The van der Waals surface area contributed by atoms with Gasteiger partial charge in [-0.1, -0.05) is 24.3 Å². The molecule has 2 heterocycles. The van der Waals surface area contributed by atoms with E-state index in [0.717, 1.165) is 17.9 Å². The van der Waals surface area contributed by atoms with Crippen LogP contribution in [0.2, 0.25) is 0 Å². The molecule has 0 amide bonds. The minimum Gasteiger partial charge on any atom is -0.497 e. The average Bonchev–Trinajstić information content (AvgIpc) is 3.27. The van der Waals surface area contributed by atoms with Crippen LogP contribution in [0.15, 0.2) is 71.1 Å². The number of ether oxygens (including phenoxy) is 3. The van der Waals surface area contributed by atoms with Gasteiger partial charge in [0.2, 0.25) is 0 Å². The first-order valence-corrected chi connectivity index (χ1v) is 12.6. The number of allylic oxidation sites excluding steroid dienone is 2. The molecule has 0 aromatic heterocycles. The fourth-order valence-corrected chi connectivity index (χ4v) is 5.31. The van der Waals surface area contributed by atoms with Crippen molar-refractivity contribution in [3.63, 3.8) is 0 Å². The number of benzene rings is 2. The molecule has 1 fully saturated rings. The Morgan fingerprint density at radius 3 is 2.36 bits per heavy atom. The first-order valence-electron chi connectivity index (χ1n) is 12.6. The van der Waals surface area contributed by atoms with Crippen molar-refractivity contribution in [2.24, 2.45) is 0 Å². The van der Waals surface area contributed by atoms with Crippen molar-refractivity contribution in [1.29, 1.82) is 0 Å². The van der Waals surface area contributed by atoms with Crippen LogP contribution in [0.25, 0.3) is 0 Å². The van der Waals surface area contributed by atoms with E-state index >= 15 is 0 Å². The number of esters is 2. The maximum Gasteiger partial charge on any atom is 0.337 e. The molecule has 1 N–H and O–H groups in total. The smallest absolute Gasteiger partial charge is 0.337 e. The highest BCUT2D eigenvalue weighted by atomic mass is 16.6. The SMILES string of the molecule is COC(=O)C1=C(C)NC(C)=C(C(=O)OC2(C)CCN(Cc3ccc(OC)cc3)C2)C1c1cccc([N+](=O)[O-])c1. The van der Waals surface area contributed by atoms with Crippen molar-refractivity contribution in [3.8, 4) is 5.75 Å². The Hall–Kier alpha value is -4.18. The summed E-state index contributed by atoms with van der Waals surface area (Å²) in [4.78, 5) is 39.9. The lowest BCUT2D eigenvalue weighted by Gasteiger charge is -2.32. The fraction of sp³-hybridized carbons (Fsp3) is 0.379. The van der Waals surface area contributed by atoms with Crippen LogP contribution in [0.3, 0.4) is 0 Å². The third-order valence-electron chi connectivity index (χ3n) is 7.22. The Kier molecular flexibility index (Phi) is 8.06. The van der Waals surface area contributed by atoms with Gasteiger partial charge in [0.15, 0.2) is 0 Å². The van der Waals surface area contributed by atoms with E-state index in [2.05, 4.69) is 10.2 Å². The number of likely N-dealkylation sites (tertiary alicyclic amines) is 1. The van der Waals surface area contributed by atoms with E-state index in [0.29, 0.717) is 36.5 Å². The van der Waals surface area contributed by atoms with Gasteiger partial charge >= 0.3 is 11.9 Å². The summed E-state index contributed by atoms with van der Waals surface area (Å²) >= 11 is 0. The number of rotatable bonds is 8. The van der Waals surface area contributed by atoms with E-state index in [4.69, 9.17) is 14.2 Å². The predicted octanol–water partition coefficient (Wildman–Crippen LogP) is 4.22. The van der Waals surface area contributed by atoms with Crippen LogP contribution < -0.4 is 10.1 Å². The minimum absolute atomic E-state index is 0.143.